The first-order chi connectivity index (χ1) is 22.8. The SMILES string of the molecule is CCCCCCCOC(=O)n1nc(NC(=O)c2ccc(N3CCN(C)CC3)cc2)c2c1CN(C(=O)Nc1c(CC)cccc1CC)C2. The highest BCUT2D eigenvalue weighted by atomic mass is 16.6. The molecule has 0 saturated carbocycles. The smallest absolute Gasteiger partial charge is 0.435 e. The van der Waals surface area contributed by atoms with E-state index in [0.717, 1.165) is 93.6 Å². The number of rotatable bonds is 12. The van der Waals surface area contributed by atoms with Gasteiger partial charge in [0.25, 0.3) is 5.91 Å². The molecule has 0 unspecified atom stereocenters. The molecular weight excluding hydrogens is 594 g/mol. The van der Waals surface area contributed by atoms with E-state index < -0.39 is 6.09 Å². The van der Waals surface area contributed by atoms with Gasteiger partial charge in [-0.05, 0) is 61.7 Å². The van der Waals surface area contributed by atoms with Crippen LogP contribution in [0.2, 0.25) is 0 Å². The number of nitrogens with zero attached hydrogens (tertiary/aromatic N) is 5. The number of aromatic nitrogens is 2. The summed E-state index contributed by atoms with van der Waals surface area (Å²) >= 11 is 0. The van der Waals surface area contributed by atoms with Crippen molar-refractivity contribution in [1.82, 2.24) is 19.6 Å². The largest absolute Gasteiger partial charge is 0.448 e. The topological polar surface area (TPSA) is 112 Å². The Hall–Kier alpha value is -4.38. The average Bonchev–Trinajstić information content (AvgIpc) is 3.67. The Bertz CT molecular complexity index is 1520. The van der Waals surface area contributed by atoms with Gasteiger partial charge in [-0.3, -0.25) is 4.79 Å². The summed E-state index contributed by atoms with van der Waals surface area (Å²) in [6.45, 7) is 10.8. The molecule has 2 aromatic carbocycles. The second-order valence-corrected chi connectivity index (χ2v) is 12.5. The van der Waals surface area contributed by atoms with Crippen molar-refractivity contribution >= 4 is 35.2 Å². The van der Waals surface area contributed by atoms with E-state index in [1.54, 1.807) is 4.90 Å². The zero-order valence-corrected chi connectivity index (χ0v) is 28.3. The van der Waals surface area contributed by atoms with Crippen molar-refractivity contribution in [2.24, 2.45) is 0 Å². The maximum absolute atomic E-state index is 13.6. The van der Waals surface area contributed by atoms with Crippen molar-refractivity contribution < 1.29 is 19.1 Å². The molecule has 252 valence electrons. The van der Waals surface area contributed by atoms with Crippen LogP contribution in [0.3, 0.4) is 0 Å². The minimum Gasteiger partial charge on any atom is -0.448 e. The Kier molecular flexibility index (Phi) is 11.5. The number of ether oxygens (including phenoxy) is 1. The van der Waals surface area contributed by atoms with Crippen LogP contribution in [0.4, 0.5) is 26.8 Å². The van der Waals surface area contributed by atoms with E-state index in [4.69, 9.17) is 4.74 Å². The summed E-state index contributed by atoms with van der Waals surface area (Å²) in [5.74, 6) is -0.0782. The molecule has 11 nitrogen and oxygen atoms in total. The van der Waals surface area contributed by atoms with Crippen LogP contribution in [-0.2, 0) is 30.7 Å². The maximum Gasteiger partial charge on any atom is 0.435 e. The number of fused-ring (bicyclic) bond motifs is 1. The molecule has 0 bridgehead atoms. The number of benzene rings is 2. The number of urea groups is 1. The van der Waals surface area contributed by atoms with Crippen LogP contribution in [0.5, 0.6) is 0 Å². The molecule has 0 radical (unpaired) electrons. The lowest BCUT2D eigenvalue weighted by Crippen LogP contribution is -2.44. The number of carbonyl (C=O) groups is 3. The van der Waals surface area contributed by atoms with Crippen LogP contribution in [0.25, 0.3) is 0 Å². The Morgan fingerprint density at radius 1 is 0.830 bits per heavy atom. The highest BCUT2D eigenvalue weighted by molar-refractivity contribution is 6.04. The minimum absolute atomic E-state index is 0.158. The van der Waals surface area contributed by atoms with Gasteiger partial charge in [-0.15, -0.1) is 5.10 Å². The monoisotopic (exact) mass is 643 g/mol. The Morgan fingerprint density at radius 2 is 1.51 bits per heavy atom. The van der Waals surface area contributed by atoms with Crippen molar-refractivity contribution in [2.45, 2.75) is 78.8 Å². The summed E-state index contributed by atoms with van der Waals surface area (Å²) in [5.41, 5.74) is 5.69. The molecule has 3 amide bonds. The van der Waals surface area contributed by atoms with Gasteiger partial charge in [-0.25, -0.2) is 9.59 Å². The first-order valence-corrected chi connectivity index (χ1v) is 17.1. The van der Waals surface area contributed by atoms with Crippen LogP contribution in [0.15, 0.2) is 42.5 Å². The molecule has 3 aromatic rings. The Balaban J connectivity index is 1.32. The number of nitrogens with one attached hydrogen (secondary N) is 2. The van der Waals surface area contributed by atoms with E-state index in [0.29, 0.717) is 16.8 Å². The van der Waals surface area contributed by atoms with Crippen molar-refractivity contribution in [2.75, 3.05) is 55.4 Å². The van der Waals surface area contributed by atoms with Crippen molar-refractivity contribution in [1.29, 1.82) is 0 Å². The van der Waals surface area contributed by atoms with E-state index >= 15 is 0 Å². The van der Waals surface area contributed by atoms with Crippen molar-refractivity contribution in [3.63, 3.8) is 0 Å². The molecule has 1 aromatic heterocycles. The number of amides is 3. The van der Waals surface area contributed by atoms with Gasteiger partial charge in [-0.1, -0.05) is 64.7 Å². The fraction of sp³-hybridized carbons (Fsp3) is 0.500. The molecule has 2 aliphatic rings. The van der Waals surface area contributed by atoms with E-state index in [9.17, 15) is 14.4 Å². The maximum atomic E-state index is 13.6. The third kappa shape index (κ3) is 8.13. The zero-order chi connectivity index (χ0) is 33.3. The van der Waals surface area contributed by atoms with E-state index in [-0.39, 0.29) is 37.5 Å². The number of aryl methyl sites for hydroxylation is 2. The summed E-state index contributed by atoms with van der Waals surface area (Å²) in [6, 6.07) is 13.3. The normalized spacial score (nSPS) is 14.6. The zero-order valence-electron chi connectivity index (χ0n) is 28.3. The number of carbonyl (C=O) groups excluding carboxylic acids is 3. The number of piperazine rings is 1. The molecule has 0 atom stereocenters. The fourth-order valence-electron chi connectivity index (χ4n) is 6.22. The standard InChI is InChI=1S/C36H49N7O4/c1-5-8-9-10-11-23-47-36(46)43-31-25-42(35(45)37-32-26(6-2)13-12-14-27(32)7-3)24-30(31)33(39-43)38-34(44)28-15-17-29(18-16-28)41-21-19-40(4)20-22-41/h12-18H,5-11,19-25H2,1-4H3,(H,37,45)(H,38,39,44). The first kappa shape index (κ1) is 34.0. The lowest BCUT2D eigenvalue weighted by Gasteiger charge is -2.34. The fourth-order valence-corrected chi connectivity index (χ4v) is 6.22. The predicted molar refractivity (Wildman–Crippen MR) is 185 cm³/mol. The third-order valence-corrected chi connectivity index (χ3v) is 9.17. The minimum atomic E-state index is -0.611. The molecule has 47 heavy (non-hydrogen) atoms. The molecule has 5 rings (SSSR count). The molecule has 2 aliphatic heterocycles. The second kappa shape index (κ2) is 15.9. The number of unbranched alkanes of at least 4 members (excludes halogenated alkanes) is 4. The highest BCUT2D eigenvalue weighted by Crippen LogP contribution is 2.32. The first-order valence-electron chi connectivity index (χ1n) is 17.1. The predicted octanol–water partition coefficient (Wildman–Crippen LogP) is 6.51. The molecule has 1 fully saturated rings. The third-order valence-electron chi connectivity index (χ3n) is 9.17. The summed E-state index contributed by atoms with van der Waals surface area (Å²) < 4.78 is 6.79. The molecule has 11 heteroatoms. The molecule has 3 heterocycles. The van der Waals surface area contributed by atoms with Crippen LogP contribution < -0.4 is 15.5 Å². The summed E-state index contributed by atoms with van der Waals surface area (Å²) in [7, 11) is 2.12. The van der Waals surface area contributed by atoms with Crippen molar-refractivity contribution in [3.8, 4) is 0 Å². The second-order valence-electron chi connectivity index (χ2n) is 12.5. The summed E-state index contributed by atoms with van der Waals surface area (Å²) in [4.78, 5) is 46.5. The van der Waals surface area contributed by atoms with Gasteiger partial charge < -0.3 is 30.1 Å². The van der Waals surface area contributed by atoms with Crippen LogP contribution in [-0.4, -0.2) is 77.4 Å². The molecule has 0 spiro atoms. The number of anilines is 3. The summed E-state index contributed by atoms with van der Waals surface area (Å²) in [6.07, 6.45) is 6.12. The van der Waals surface area contributed by atoms with Crippen LogP contribution >= 0.6 is 0 Å². The lowest BCUT2D eigenvalue weighted by molar-refractivity contribution is 0.102. The van der Waals surface area contributed by atoms with Gasteiger partial charge >= 0.3 is 12.1 Å². The van der Waals surface area contributed by atoms with Gasteiger partial charge in [0.05, 0.1) is 25.4 Å². The number of likely N-dealkylation sites (N-methyl/N-ethyl adjacent to an activating group) is 1. The van der Waals surface area contributed by atoms with E-state index in [1.807, 2.05) is 42.5 Å². The Morgan fingerprint density at radius 3 is 2.17 bits per heavy atom. The molecule has 0 aliphatic carbocycles. The van der Waals surface area contributed by atoms with Gasteiger partial charge in [0.2, 0.25) is 0 Å². The van der Waals surface area contributed by atoms with Crippen LogP contribution in [0.1, 0.15) is 85.6 Å². The van der Waals surface area contributed by atoms with Gasteiger partial charge in [0.15, 0.2) is 5.82 Å². The average molecular weight is 644 g/mol. The van der Waals surface area contributed by atoms with E-state index in [2.05, 4.69) is 53.4 Å². The van der Waals surface area contributed by atoms with Crippen molar-refractivity contribution in [3.05, 3.63) is 70.4 Å². The van der Waals surface area contributed by atoms with Crippen LogP contribution in [0, 0.1) is 0 Å². The highest BCUT2D eigenvalue weighted by Gasteiger charge is 2.34. The molecular formula is C36H49N7O4. The Labute approximate surface area is 278 Å². The summed E-state index contributed by atoms with van der Waals surface area (Å²) in [5, 5.41) is 10.5. The molecule has 1 saturated heterocycles. The van der Waals surface area contributed by atoms with Gasteiger partial charge in [-0.2, -0.15) is 4.68 Å². The van der Waals surface area contributed by atoms with Gasteiger partial charge in [0, 0.05) is 48.7 Å². The molecule has 2 N–H and O–H groups in total. The quantitative estimate of drug-likeness (QED) is 0.216. The number of hydrogen-bond acceptors (Lipinski definition) is 7. The van der Waals surface area contributed by atoms with E-state index in [1.165, 1.54) is 4.68 Å². The number of hydrogen-bond donors (Lipinski definition) is 2. The van der Waals surface area contributed by atoms with Gasteiger partial charge in [0.1, 0.15) is 0 Å². The number of para-hydroxylation sites is 1. The lowest BCUT2D eigenvalue weighted by atomic mass is 10.0.